The number of rotatable bonds is 5. The molecule has 0 saturated carbocycles. The maximum atomic E-state index is 14.2. The average molecular weight is 496 g/mol. The van der Waals surface area contributed by atoms with Gasteiger partial charge < -0.3 is 24.6 Å². The normalized spacial score (nSPS) is 22.1. The van der Waals surface area contributed by atoms with Gasteiger partial charge in [-0.25, -0.2) is 0 Å². The van der Waals surface area contributed by atoms with Crippen LogP contribution in [0, 0.1) is 0 Å². The minimum atomic E-state index is -1.22. The average Bonchev–Trinajstić information content (AvgIpc) is 3.33. The predicted octanol–water partition coefficient (Wildman–Crippen LogP) is 3.94. The second-order valence-corrected chi connectivity index (χ2v) is 9.94. The number of fused-ring (bicyclic) bond motifs is 5. The molecule has 0 unspecified atom stereocenters. The van der Waals surface area contributed by atoms with Crippen LogP contribution in [0.5, 0.6) is 5.75 Å². The van der Waals surface area contributed by atoms with E-state index >= 15 is 0 Å². The van der Waals surface area contributed by atoms with Crippen LogP contribution < -0.4 is 4.74 Å². The van der Waals surface area contributed by atoms with Crippen molar-refractivity contribution in [2.75, 3.05) is 26.7 Å². The molecular weight excluding hydrogens is 466 g/mol. The Kier molecular flexibility index (Phi) is 5.53. The minimum Gasteiger partial charge on any atom is -0.496 e. The van der Waals surface area contributed by atoms with E-state index in [0.29, 0.717) is 17.8 Å². The van der Waals surface area contributed by atoms with E-state index in [1.54, 1.807) is 12.0 Å². The van der Waals surface area contributed by atoms with Crippen molar-refractivity contribution < 1.29 is 19.4 Å². The molecule has 7 nitrogen and oxygen atoms in total. The molecule has 3 heterocycles. The zero-order chi connectivity index (χ0) is 25.7. The fraction of sp³-hybridized carbons (Fsp3) is 0.267. The summed E-state index contributed by atoms with van der Waals surface area (Å²) in [6.45, 7) is 2.14. The molecule has 188 valence electrons. The molecular formula is C30H29N3O4. The van der Waals surface area contributed by atoms with Gasteiger partial charge in [0.15, 0.2) is 5.54 Å². The number of piperazine rings is 1. The van der Waals surface area contributed by atoms with Gasteiger partial charge in [0.25, 0.3) is 5.91 Å². The number of nitrogens with one attached hydrogen (secondary N) is 1. The van der Waals surface area contributed by atoms with Crippen LogP contribution in [0.3, 0.4) is 0 Å². The molecule has 0 spiro atoms. The molecule has 1 aromatic heterocycles. The lowest BCUT2D eigenvalue weighted by molar-refractivity contribution is -0.167. The van der Waals surface area contributed by atoms with E-state index in [0.717, 1.165) is 27.8 Å². The number of para-hydroxylation sites is 2. The molecule has 2 aliphatic rings. The van der Waals surface area contributed by atoms with Gasteiger partial charge in [-0.3, -0.25) is 9.59 Å². The van der Waals surface area contributed by atoms with Gasteiger partial charge in [-0.15, -0.1) is 0 Å². The highest BCUT2D eigenvalue weighted by Crippen LogP contribution is 2.49. The third kappa shape index (κ3) is 3.53. The second kappa shape index (κ2) is 8.78. The largest absolute Gasteiger partial charge is 0.496 e. The van der Waals surface area contributed by atoms with Gasteiger partial charge in [-0.05, 0) is 30.2 Å². The summed E-state index contributed by atoms with van der Waals surface area (Å²) in [5.41, 5.74) is 3.09. The maximum absolute atomic E-state index is 14.2. The summed E-state index contributed by atoms with van der Waals surface area (Å²) in [6.07, 6.45) is -0.889. The molecule has 1 fully saturated rings. The summed E-state index contributed by atoms with van der Waals surface area (Å²) in [7, 11) is 1.65. The molecule has 2 amide bonds. The summed E-state index contributed by atoms with van der Waals surface area (Å²) < 4.78 is 5.70. The maximum Gasteiger partial charge on any atom is 0.255 e. The monoisotopic (exact) mass is 495 g/mol. The molecule has 2 aliphatic heterocycles. The van der Waals surface area contributed by atoms with Crippen molar-refractivity contribution in [1.82, 2.24) is 14.8 Å². The Balaban J connectivity index is 1.48. The number of amides is 2. The van der Waals surface area contributed by atoms with Crippen LogP contribution >= 0.6 is 0 Å². The van der Waals surface area contributed by atoms with Crippen LogP contribution in [0.1, 0.15) is 41.3 Å². The first-order chi connectivity index (χ1) is 17.9. The highest BCUT2D eigenvalue weighted by Gasteiger charge is 2.56. The first kappa shape index (κ1) is 23.3. The fourth-order valence-corrected chi connectivity index (χ4v) is 6.05. The molecule has 3 aromatic carbocycles. The molecule has 7 heteroatoms. The van der Waals surface area contributed by atoms with Crippen molar-refractivity contribution in [2.45, 2.75) is 24.5 Å². The van der Waals surface area contributed by atoms with E-state index < -0.39 is 11.6 Å². The van der Waals surface area contributed by atoms with Gasteiger partial charge in [0.05, 0.1) is 32.0 Å². The lowest BCUT2D eigenvalue weighted by Gasteiger charge is -2.51. The Morgan fingerprint density at radius 3 is 2.51 bits per heavy atom. The zero-order valence-corrected chi connectivity index (χ0v) is 20.8. The highest BCUT2D eigenvalue weighted by molar-refractivity contribution is 6.01. The van der Waals surface area contributed by atoms with Gasteiger partial charge in [0, 0.05) is 28.9 Å². The first-order valence-corrected chi connectivity index (χ1v) is 12.5. The summed E-state index contributed by atoms with van der Waals surface area (Å²) in [5, 5.41) is 11.9. The molecule has 4 aromatic rings. The Labute approximate surface area is 215 Å². The molecule has 0 bridgehead atoms. The Hall–Kier alpha value is -4.10. The van der Waals surface area contributed by atoms with E-state index in [1.165, 1.54) is 4.90 Å². The van der Waals surface area contributed by atoms with Crippen molar-refractivity contribution in [1.29, 1.82) is 0 Å². The van der Waals surface area contributed by atoms with Gasteiger partial charge >= 0.3 is 0 Å². The van der Waals surface area contributed by atoms with Gasteiger partial charge in [0.1, 0.15) is 5.75 Å². The number of aromatic nitrogens is 1. The molecule has 0 aliphatic carbocycles. The Bertz CT molecular complexity index is 1500. The number of carbonyl (C=O) groups excluding carboxylic acids is 2. The third-order valence-corrected chi connectivity index (χ3v) is 7.91. The SMILES string of the molecule is COc1ccccc1[C@H]1CN2C(=O)CN(C[C@@H](O)c3ccccc3)C(=O)[C@]2(C)c2[nH]c3ccccc3c21. The number of carbonyl (C=O) groups is 2. The fourth-order valence-electron chi connectivity index (χ4n) is 6.05. The van der Waals surface area contributed by atoms with Crippen molar-refractivity contribution >= 4 is 22.7 Å². The van der Waals surface area contributed by atoms with E-state index in [1.807, 2.05) is 79.7 Å². The van der Waals surface area contributed by atoms with Crippen LogP contribution in [-0.2, 0) is 15.1 Å². The van der Waals surface area contributed by atoms with Crippen molar-refractivity contribution in [2.24, 2.45) is 0 Å². The summed E-state index contributed by atoms with van der Waals surface area (Å²) >= 11 is 0. The molecule has 3 atom stereocenters. The van der Waals surface area contributed by atoms with E-state index in [-0.39, 0.29) is 30.8 Å². The summed E-state index contributed by atoms with van der Waals surface area (Å²) in [5.74, 6) is 0.226. The van der Waals surface area contributed by atoms with Crippen LogP contribution in [-0.4, -0.2) is 58.4 Å². The number of aliphatic hydroxyl groups excluding tert-OH is 1. The number of aromatic amines is 1. The molecule has 1 saturated heterocycles. The number of methoxy groups -OCH3 is 1. The summed E-state index contributed by atoms with van der Waals surface area (Å²) in [4.78, 5) is 34.5. The topological polar surface area (TPSA) is 85.9 Å². The van der Waals surface area contributed by atoms with E-state index in [2.05, 4.69) is 11.1 Å². The molecule has 37 heavy (non-hydrogen) atoms. The van der Waals surface area contributed by atoms with Crippen molar-refractivity contribution in [3.63, 3.8) is 0 Å². The van der Waals surface area contributed by atoms with Crippen LogP contribution in [0.2, 0.25) is 0 Å². The molecule has 0 radical (unpaired) electrons. The number of nitrogens with zero attached hydrogens (tertiary/aromatic N) is 2. The molecule has 6 rings (SSSR count). The second-order valence-electron chi connectivity index (χ2n) is 9.94. The summed E-state index contributed by atoms with van der Waals surface area (Å²) in [6, 6.07) is 25.1. The highest BCUT2D eigenvalue weighted by atomic mass is 16.5. The number of β-amino-alcohol motifs (C(OH)–C–C–N with tert-alkyl or cyclic N) is 1. The predicted molar refractivity (Wildman–Crippen MR) is 140 cm³/mol. The van der Waals surface area contributed by atoms with Crippen molar-refractivity contribution in [3.05, 3.63) is 101 Å². The van der Waals surface area contributed by atoms with Crippen LogP contribution in [0.15, 0.2) is 78.9 Å². The van der Waals surface area contributed by atoms with E-state index in [4.69, 9.17) is 4.74 Å². The number of hydrogen-bond acceptors (Lipinski definition) is 4. The number of benzene rings is 3. The Morgan fingerprint density at radius 2 is 1.73 bits per heavy atom. The first-order valence-electron chi connectivity index (χ1n) is 12.5. The number of aliphatic hydroxyl groups is 1. The standard InChI is InChI=1S/C30H29N3O4/c1-30-28-27(21-13-6-8-14-23(21)31-28)22(20-12-7-9-15-25(20)37-2)16-33(30)26(35)18-32(29(30)36)17-24(34)19-10-4-3-5-11-19/h3-15,22,24,31,34H,16-18H2,1-2H3/t22-,24-,30+/m1/s1. The third-order valence-electron chi connectivity index (χ3n) is 7.91. The van der Waals surface area contributed by atoms with Crippen LogP contribution in [0.25, 0.3) is 10.9 Å². The Morgan fingerprint density at radius 1 is 1.03 bits per heavy atom. The lowest BCUT2D eigenvalue weighted by atomic mass is 9.76. The molecule has 2 N–H and O–H groups in total. The number of ether oxygens (including phenoxy) is 1. The van der Waals surface area contributed by atoms with Gasteiger partial charge in [-0.1, -0.05) is 66.7 Å². The van der Waals surface area contributed by atoms with Gasteiger partial charge in [-0.2, -0.15) is 0 Å². The minimum absolute atomic E-state index is 0.0452. The van der Waals surface area contributed by atoms with Gasteiger partial charge in [0.2, 0.25) is 5.91 Å². The number of H-pyrrole nitrogens is 1. The smallest absolute Gasteiger partial charge is 0.255 e. The lowest BCUT2D eigenvalue weighted by Crippen LogP contribution is -2.67. The van der Waals surface area contributed by atoms with Crippen LogP contribution in [0.4, 0.5) is 0 Å². The van der Waals surface area contributed by atoms with E-state index in [9.17, 15) is 14.7 Å². The quantitative estimate of drug-likeness (QED) is 0.439. The number of hydrogen-bond donors (Lipinski definition) is 2. The van der Waals surface area contributed by atoms with Crippen molar-refractivity contribution in [3.8, 4) is 5.75 Å². The zero-order valence-electron chi connectivity index (χ0n) is 20.8.